The molecule has 0 unspecified atom stereocenters. The molecule has 0 saturated carbocycles. The van der Waals surface area contributed by atoms with Gasteiger partial charge in [-0.2, -0.15) is 13.2 Å². The maximum Gasteiger partial charge on any atom is 0.416 e. The number of amides is 1. The number of carbonyl (C=O) groups excluding carboxylic acids is 1. The molecule has 2 aromatic heterocycles. The van der Waals surface area contributed by atoms with Crippen LogP contribution in [-0.2, 0) is 12.6 Å². The van der Waals surface area contributed by atoms with Crippen LogP contribution >= 0.6 is 11.8 Å². The Kier molecular flexibility index (Phi) is 5.41. The predicted octanol–water partition coefficient (Wildman–Crippen LogP) is 5.59. The molecule has 166 valence electrons. The number of hydrogen-bond acceptors (Lipinski definition) is 4. The predicted molar refractivity (Wildman–Crippen MR) is 119 cm³/mol. The zero-order chi connectivity index (χ0) is 23.0. The van der Waals surface area contributed by atoms with Gasteiger partial charge in [-0.1, -0.05) is 30.0 Å². The van der Waals surface area contributed by atoms with Crippen LogP contribution in [0.5, 0.6) is 0 Å². The maximum absolute atomic E-state index is 13.5. The number of carbonyl (C=O) groups is 1. The third kappa shape index (κ3) is 4.36. The van der Waals surface area contributed by atoms with E-state index in [1.807, 2.05) is 30.3 Å². The first-order chi connectivity index (χ1) is 15.9. The summed E-state index contributed by atoms with van der Waals surface area (Å²) in [4.78, 5) is 25.6. The van der Waals surface area contributed by atoms with Gasteiger partial charge < -0.3 is 10.3 Å². The number of alkyl halides is 3. The van der Waals surface area contributed by atoms with Gasteiger partial charge in [-0.15, -0.1) is 0 Å². The molecule has 2 aromatic carbocycles. The zero-order valence-electron chi connectivity index (χ0n) is 17.1. The summed E-state index contributed by atoms with van der Waals surface area (Å²) in [7, 11) is 0. The van der Waals surface area contributed by atoms with Crippen molar-refractivity contribution in [1.29, 1.82) is 0 Å². The zero-order valence-corrected chi connectivity index (χ0v) is 17.9. The Bertz CT molecular complexity index is 1340. The summed E-state index contributed by atoms with van der Waals surface area (Å²) in [5.41, 5.74) is 2.00. The first-order valence-corrected chi connectivity index (χ1v) is 11.0. The molecular weight excluding hydrogens is 449 g/mol. The van der Waals surface area contributed by atoms with Crippen molar-refractivity contribution in [1.82, 2.24) is 20.3 Å². The SMILES string of the molecule is O=C1NCCc2[nH]c(-c3ccnc(-c4cc(C(F)(F)F)ccc4Sc4ccccc4)n3)cc21. The van der Waals surface area contributed by atoms with E-state index >= 15 is 0 Å². The fourth-order valence-corrected chi connectivity index (χ4v) is 4.60. The van der Waals surface area contributed by atoms with Crippen LogP contribution in [0.2, 0.25) is 0 Å². The van der Waals surface area contributed by atoms with Gasteiger partial charge in [0.25, 0.3) is 5.91 Å². The lowest BCUT2D eigenvalue weighted by molar-refractivity contribution is -0.137. The molecule has 0 aliphatic carbocycles. The smallest absolute Gasteiger partial charge is 0.356 e. The molecule has 0 atom stereocenters. The Hall–Kier alpha value is -3.59. The summed E-state index contributed by atoms with van der Waals surface area (Å²) in [5.74, 6) is 0.0153. The van der Waals surface area contributed by atoms with Gasteiger partial charge in [0.2, 0.25) is 0 Å². The Morgan fingerprint density at radius 1 is 0.970 bits per heavy atom. The summed E-state index contributed by atoms with van der Waals surface area (Å²) in [6.45, 7) is 0.547. The number of nitrogens with one attached hydrogen (secondary N) is 2. The van der Waals surface area contributed by atoms with Gasteiger partial charge in [0.1, 0.15) is 0 Å². The molecule has 1 aliphatic rings. The molecule has 0 saturated heterocycles. The van der Waals surface area contributed by atoms with Crippen molar-refractivity contribution in [3.05, 3.63) is 83.7 Å². The van der Waals surface area contributed by atoms with Crippen LogP contribution in [0.3, 0.4) is 0 Å². The van der Waals surface area contributed by atoms with Crippen LogP contribution in [0.1, 0.15) is 21.6 Å². The number of rotatable bonds is 4. The lowest BCUT2D eigenvalue weighted by atomic mass is 10.1. The van der Waals surface area contributed by atoms with Crippen LogP contribution in [0.25, 0.3) is 22.8 Å². The topological polar surface area (TPSA) is 70.7 Å². The normalized spacial score (nSPS) is 13.5. The van der Waals surface area contributed by atoms with Gasteiger partial charge in [0, 0.05) is 40.2 Å². The molecule has 5 nitrogen and oxygen atoms in total. The molecule has 0 radical (unpaired) electrons. The summed E-state index contributed by atoms with van der Waals surface area (Å²) in [5, 5.41) is 2.79. The van der Waals surface area contributed by atoms with Gasteiger partial charge in [0.05, 0.1) is 22.5 Å². The van der Waals surface area contributed by atoms with Crippen LogP contribution in [0.4, 0.5) is 13.2 Å². The van der Waals surface area contributed by atoms with Gasteiger partial charge in [0.15, 0.2) is 5.82 Å². The van der Waals surface area contributed by atoms with Gasteiger partial charge in [-0.05, 0) is 42.5 Å². The number of hydrogen-bond donors (Lipinski definition) is 2. The van der Waals surface area contributed by atoms with E-state index in [4.69, 9.17) is 0 Å². The first kappa shape index (κ1) is 21.3. The molecule has 4 aromatic rings. The summed E-state index contributed by atoms with van der Waals surface area (Å²) in [6.07, 6.45) is -2.31. The Morgan fingerprint density at radius 2 is 1.79 bits per heavy atom. The average Bonchev–Trinajstić information content (AvgIpc) is 3.25. The van der Waals surface area contributed by atoms with Crippen molar-refractivity contribution < 1.29 is 18.0 Å². The molecule has 2 N–H and O–H groups in total. The summed E-state index contributed by atoms with van der Waals surface area (Å²) < 4.78 is 40.4. The van der Waals surface area contributed by atoms with Crippen molar-refractivity contribution in [2.75, 3.05) is 6.54 Å². The van der Waals surface area contributed by atoms with Gasteiger partial charge in [-0.3, -0.25) is 4.79 Å². The van der Waals surface area contributed by atoms with Crippen LogP contribution in [0, 0.1) is 0 Å². The van der Waals surface area contributed by atoms with Crippen molar-refractivity contribution in [3.63, 3.8) is 0 Å². The molecular formula is C24H17F3N4OS. The second kappa shape index (κ2) is 8.40. The summed E-state index contributed by atoms with van der Waals surface area (Å²) >= 11 is 1.34. The highest BCUT2D eigenvalue weighted by Crippen LogP contribution is 2.39. The van der Waals surface area contributed by atoms with E-state index in [0.29, 0.717) is 34.8 Å². The minimum atomic E-state index is -4.49. The summed E-state index contributed by atoms with van der Waals surface area (Å²) in [6, 6.07) is 16.4. The largest absolute Gasteiger partial charge is 0.416 e. The molecule has 0 fully saturated rings. The molecule has 33 heavy (non-hydrogen) atoms. The van der Waals surface area contributed by atoms with Crippen molar-refractivity contribution in [3.8, 4) is 22.8 Å². The number of H-pyrrole nitrogens is 1. The minimum absolute atomic E-state index is 0.160. The second-order valence-electron chi connectivity index (χ2n) is 7.47. The molecule has 0 spiro atoms. The molecule has 9 heteroatoms. The second-order valence-corrected chi connectivity index (χ2v) is 8.59. The number of aromatic amines is 1. The van der Waals surface area contributed by atoms with E-state index in [1.165, 1.54) is 24.0 Å². The number of fused-ring (bicyclic) bond motifs is 1. The number of aromatic nitrogens is 3. The van der Waals surface area contributed by atoms with E-state index in [-0.39, 0.29) is 17.3 Å². The standard InChI is InChI=1S/C24H17F3N4OS/c25-24(26,27)14-6-7-21(33-15-4-2-1-3-5-15)17(12-14)22-28-10-9-19(31-22)20-13-16-18(30-20)8-11-29-23(16)32/h1-7,9-10,12-13,30H,8,11H2,(H,29,32). The van der Waals surface area contributed by atoms with Crippen molar-refractivity contribution in [2.24, 2.45) is 0 Å². The quantitative estimate of drug-likeness (QED) is 0.411. The Labute approximate surface area is 191 Å². The van der Waals surface area contributed by atoms with Crippen molar-refractivity contribution >= 4 is 17.7 Å². The van der Waals surface area contributed by atoms with Gasteiger partial charge >= 0.3 is 6.18 Å². The van der Waals surface area contributed by atoms with Crippen LogP contribution in [-0.4, -0.2) is 27.4 Å². The minimum Gasteiger partial charge on any atom is -0.356 e. The highest BCUT2D eigenvalue weighted by molar-refractivity contribution is 7.99. The average molecular weight is 466 g/mol. The van der Waals surface area contributed by atoms with Crippen LogP contribution < -0.4 is 5.32 Å². The molecule has 1 aliphatic heterocycles. The Balaban J connectivity index is 1.59. The first-order valence-electron chi connectivity index (χ1n) is 10.2. The molecule has 3 heterocycles. The third-order valence-electron chi connectivity index (χ3n) is 5.25. The number of halogens is 3. The van der Waals surface area contributed by atoms with Crippen LogP contribution in [0.15, 0.2) is 76.7 Å². The van der Waals surface area contributed by atoms with E-state index in [2.05, 4.69) is 20.3 Å². The Morgan fingerprint density at radius 3 is 2.55 bits per heavy atom. The third-order valence-corrected chi connectivity index (χ3v) is 6.34. The highest BCUT2D eigenvalue weighted by atomic mass is 32.2. The van der Waals surface area contributed by atoms with Crippen molar-refractivity contribution in [2.45, 2.75) is 22.4 Å². The fraction of sp³-hybridized carbons (Fsp3) is 0.125. The molecule has 1 amide bonds. The fourth-order valence-electron chi connectivity index (χ4n) is 3.66. The monoisotopic (exact) mass is 466 g/mol. The van der Waals surface area contributed by atoms with E-state index < -0.39 is 11.7 Å². The lowest BCUT2D eigenvalue weighted by Crippen LogP contribution is -2.31. The van der Waals surface area contributed by atoms with Gasteiger partial charge in [-0.25, -0.2) is 9.97 Å². The van der Waals surface area contributed by atoms with E-state index in [1.54, 1.807) is 12.1 Å². The molecule has 5 rings (SSSR count). The van der Waals surface area contributed by atoms with E-state index in [9.17, 15) is 18.0 Å². The van der Waals surface area contributed by atoms with E-state index in [0.717, 1.165) is 22.7 Å². The number of benzene rings is 2. The maximum atomic E-state index is 13.5. The highest BCUT2D eigenvalue weighted by Gasteiger charge is 2.31. The molecule has 0 bridgehead atoms. The number of nitrogens with zero attached hydrogens (tertiary/aromatic N) is 2. The lowest BCUT2D eigenvalue weighted by Gasteiger charge is -2.13.